The van der Waals surface area contributed by atoms with Crippen LogP contribution in [0.25, 0.3) is 11.3 Å². The lowest BCUT2D eigenvalue weighted by Gasteiger charge is -2.29. The summed E-state index contributed by atoms with van der Waals surface area (Å²) in [6.45, 7) is 1.37. The van der Waals surface area contributed by atoms with Crippen molar-refractivity contribution >= 4 is 17.7 Å². The molecule has 7 nitrogen and oxygen atoms in total. The average Bonchev–Trinajstić information content (AvgIpc) is 3.26. The van der Waals surface area contributed by atoms with E-state index < -0.39 is 0 Å². The predicted octanol–water partition coefficient (Wildman–Crippen LogP) is 4.04. The minimum absolute atomic E-state index is 0.0837. The maximum atomic E-state index is 12.5. The molecule has 160 valence electrons. The lowest BCUT2D eigenvalue weighted by molar-refractivity contribution is -0.132. The van der Waals surface area contributed by atoms with E-state index in [1.165, 1.54) is 11.1 Å². The largest absolute Gasteiger partial charge is 0.496 e. The van der Waals surface area contributed by atoms with Crippen molar-refractivity contribution < 1.29 is 18.8 Å². The molecule has 2 amide bonds. The molecule has 3 aromatic rings. The van der Waals surface area contributed by atoms with Gasteiger partial charge in [0.15, 0.2) is 0 Å². The van der Waals surface area contributed by atoms with Gasteiger partial charge in [0.2, 0.25) is 17.7 Å². The maximum Gasteiger partial charge on any atom is 0.231 e. The second-order valence-corrected chi connectivity index (χ2v) is 7.51. The van der Waals surface area contributed by atoms with Gasteiger partial charge >= 0.3 is 0 Å². The van der Waals surface area contributed by atoms with Gasteiger partial charge in [-0.15, -0.1) is 0 Å². The van der Waals surface area contributed by atoms with E-state index in [0.29, 0.717) is 30.8 Å². The number of para-hydroxylation sites is 1. The number of hydrogen-bond donors (Lipinski definition) is 1. The number of nitrogens with zero attached hydrogens (tertiary/aromatic N) is 2. The summed E-state index contributed by atoms with van der Waals surface area (Å²) >= 11 is 0. The first kappa shape index (κ1) is 20.7. The molecule has 0 fully saturated rings. The van der Waals surface area contributed by atoms with Crippen LogP contribution in [0.3, 0.4) is 0 Å². The van der Waals surface area contributed by atoms with Crippen LogP contribution in [0, 0.1) is 0 Å². The number of nitrogens with one attached hydrogen (secondary N) is 1. The number of fused-ring (bicyclic) bond motifs is 1. The molecular weight excluding hydrogens is 394 g/mol. The van der Waals surface area contributed by atoms with Crippen LogP contribution < -0.4 is 10.1 Å². The van der Waals surface area contributed by atoms with Crippen molar-refractivity contribution in [3.63, 3.8) is 0 Å². The minimum Gasteiger partial charge on any atom is -0.496 e. The van der Waals surface area contributed by atoms with Crippen LogP contribution in [0.2, 0.25) is 0 Å². The smallest absolute Gasteiger partial charge is 0.231 e. The summed E-state index contributed by atoms with van der Waals surface area (Å²) in [5, 5.41) is 6.71. The Morgan fingerprint density at radius 3 is 2.71 bits per heavy atom. The molecule has 2 aromatic carbocycles. The molecule has 0 saturated carbocycles. The molecule has 31 heavy (non-hydrogen) atoms. The van der Waals surface area contributed by atoms with Gasteiger partial charge < -0.3 is 14.2 Å². The number of benzene rings is 2. The maximum absolute atomic E-state index is 12.5. The van der Waals surface area contributed by atoms with Crippen molar-refractivity contribution in [2.75, 3.05) is 19.0 Å². The van der Waals surface area contributed by atoms with Crippen molar-refractivity contribution in [2.45, 2.75) is 32.2 Å². The van der Waals surface area contributed by atoms with E-state index >= 15 is 0 Å². The van der Waals surface area contributed by atoms with E-state index in [-0.39, 0.29) is 24.1 Å². The fourth-order valence-corrected chi connectivity index (χ4v) is 3.78. The van der Waals surface area contributed by atoms with Crippen molar-refractivity contribution in [2.24, 2.45) is 0 Å². The Bertz CT molecular complexity index is 1080. The number of amides is 2. The first-order chi connectivity index (χ1) is 15.1. The Labute approximate surface area is 181 Å². The van der Waals surface area contributed by atoms with Crippen molar-refractivity contribution in [3.05, 3.63) is 65.7 Å². The third-order valence-electron chi connectivity index (χ3n) is 5.43. The Morgan fingerprint density at radius 1 is 1.10 bits per heavy atom. The van der Waals surface area contributed by atoms with Crippen molar-refractivity contribution in [3.8, 4) is 17.0 Å². The first-order valence-corrected chi connectivity index (χ1v) is 10.4. The highest BCUT2D eigenvalue weighted by molar-refractivity contribution is 5.90. The molecule has 0 bridgehead atoms. The highest BCUT2D eigenvalue weighted by Crippen LogP contribution is 2.30. The number of aromatic nitrogens is 1. The Hall–Kier alpha value is -3.61. The van der Waals surface area contributed by atoms with Crippen LogP contribution in [-0.2, 0) is 22.6 Å². The van der Waals surface area contributed by atoms with E-state index in [1.54, 1.807) is 13.2 Å². The standard InChI is InChI=1S/C24H25N3O4/c1-30-21-10-5-4-9-19(21)20-15-23(31-26-20)25-22(28)11-6-12-24(29)27-14-13-17-7-2-3-8-18(17)16-27/h2-5,7-10,15H,6,11-14,16H2,1H3,(H,25,28). The third-order valence-corrected chi connectivity index (χ3v) is 5.43. The van der Waals surface area contributed by atoms with Gasteiger partial charge in [-0.1, -0.05) is 41.6 Å². The van der Waals surface area contributed by atoms with Gasteiger partial charge in [0.1, 0.15) is 11.4 Å². The van der Waals surface area contributed by atoms with Crippen LogP contribution in [-0.4, -0.2) is 35.5 Å². The number of rotatable bonds is 7. The number of carbonyl (C=O) groups excluding carboxylic acids is 2. The minimum atomic E-state index is -0.209. The highest BCUT2D eigenvalue weighted by atomic mass is 16.5. The SMILES string of the molecule is COc1ccccc1-c1cc(NC(=O)CCCC(=O)N2CCc3ccccc3C2)on1. The number of ether oxygens (including phenoxy) is 1. The summed E-state index contributed by atoms with van der Waals surface area (Å²) in [6.07, 6.45) is 1.94. The second-order valence-electron chi connectivity index (χ2n) is 7.51. The quantitative estimate of drug-likeness (QED) is 0.625. The zero-order valence-electron chi connectivity index (χ0n) is 17.5. The average molecular weight is 419 g/mol. The van der Waals surface area contributed by atoms with Gasteiger partial charge in [-0.05, 0) is 36.1 Å². The van der Waals surface area contributed by atoms with Gasteiger partial charge in [-0.3, -0.25) is 14.9 Å². The molecule has 4 rings (SSSR count). The molecule has 1 aromatic heterocycles. The molecule has 1 aliphatic rings. The molecule has 0 atom stereocenters. The third kappa shape index (κ3) is 4.94. The van der Waals surface area contributed by atoms with E-state index in [4.69, 9.17) is 9.26 Å². The predicted molar refractivity (Wildman–Crippen MR) is 117 cm³/mol. The van der Waals surface area contributed by atoms with Crippen LogP contribution in [0.15, 0.2) is 59.1 Å². The lowest BCUT2D eigenvalue weighted by Crippen LogP contribution is -2.35. The zero-order chi connectivity index (χ0) is 21.6. The van der Waals surface area contributed by atoms with Gasteiger partial charge in [-0.25, -0.2) is 0 Å². The molecule has 1 aliphatic heterocycles. The van der Waals surface area contributed by atoms with Crippen LogP contribution in [0.4, 0.5) is 5.88 Å². The van der Waals surface area contributed by atoms with Crippen LogP contribution in [0.5, 0.6) is 5.75 Å². The topological polar surface area (TPSA) is 84.7 Å². The molecule has 0 saturated heterocycles. The van der Waals surface area contributed by atoms with Crippen LogP contribution in [0.1, 0.15) is 30.4 Å². The normalized spacial score (nSPS) is 12.9. The van der Waals surface area contributed by atoms with E-state index in [9.17, 15) is 9.59 Å². The fourth-order valence-electron chi connectivity index (χ4n) is 3.78. The Morgan fingerprint density at radius 2 is 1.87 bits per heavy atom. The summed E-state index contributed by atoms with van der Waals surface area (Å²) in [5.74, 6) is 0.817. The van der Waals surface area contributed by atoms with Crippen molar-refractivity contribution in [1.29, 1.82) is 0 Å². The van der Waals surface area contributed by atoms with Crippen molar-refractivity contribution in [1.82, 2.24) is 10.1 Å². The second kappa shape index (κ2) is 9.47. The molecule has 0 unspecified atom stereocenters. The van der Waals surface area contributed by atoms with Gasteiger partial charge in [-0.2, -0.15) is 0 Å². The monoisotopic (exact) mass is 419 g/mol. The molecule has 0 spiro atoms. The summed E-state index contributed by atoms with van der Waals surface area (Å²) in [4.78, 5) is 26.6. The summed E-state index contributed by atoms with van der Waals surface area (Å²) in [5.41, 5.74) is 3.87. The van der Waals surface area contributed by atoms with Gasteiger partial charge in [0, 0.05) is 37.6 Å². The van der Waals surface area contributed by atoms with E-state index in [1.807, 2.05) is 41.3 Å². The fraction of sp³-hybridized carbons (Fsp3) is 0.292. The number of anilines is 1. The van der Waals surface area contributed by atoms with Gasteiger partial charge in [0.25, 0.3) is 0 Å². The van der Waals surface area contributed by atoms with E-state index in [0.717, 1.165) is 18.5 Å². The molecule has 2 heterocycles. The summed E-state index contributed by atoms with van der Waals surface area (Å²) in [7, 11) is 1.59. The molecular formula is C24H25N3O4. The zero-order valence-corrected chi connectivity index (χ0v) is 17.5. The number of carbonyl (C=O) groups is 2. The first-order valence-electron chi connectivity index (χ1n) is 10.4. The molecule has 0 aliphatic carbocycles. The lowest BCUT2D eigenvalue weighted by atomic mass is 9.99. The summed E-state index contributed by atoms with van der Waals surface area (Å²) < 4.78 is 10.6. The van der Waals surface area contributed by atoms with E-state index in [2.05, 4.69) is 22.6 Å². The number of methoxy groups -OCH3 is 1. The Kier molecular flexibility index (Phi) is 6.31. The number of hydrogen-bond acceptors (Lipinski definition) is 5. The van der Waals surface area contributed by atoms with Gasteiger partial charge in [0.05, 0.1) is 7.11 Å². The molecule has 1 N–H and O–H groups in total. The summed E-state index contributed by atoms with van der Waals surface area (Å²) in [6, 6.07) is 17.3. The molecule has 0 radical (unpaired) electrons. The van der Waals surface area contributed by atoms with Crippen LogP contribution >= 0.6 is 0 Å². The Balaban J connectivity index is 1.25. The highest BCUT2D eigenvalue weighted by Gasteiger charge is 2.20. The molecule has 7 heteroatoms.